The van der Waals surface area contributed by atoms with Gasteiger partial charge >= 0.3 is 0 Å². The van der Waals surface area contributed by atoms with Crippen LogP contribution in [0, 0.1) is 5.92 Å². The van der Waals surface area contributed by atoms with E-state index in [2.05, 4.69) is 31.9 Å². The van der Waals surface area contributed by atoms with E-state index in [1.54, 1.807) is 11.8 Å². The molecule has 1 atom stereocenters. The number of thioether (sulfide) groups is 1. The molecule has 2 rings (SSSR count). The number of carbonyl (C=O) groups is 1. The molecule has 2 nitrogen and oxygen atoms in total. The van der Waals surface area contributed by atoms with Crippen LogP contribution in [0.3, 0.4) is 0 Å². The van der Waals surface area contributed by atoms with Gasteiger partial charge in [0.05, 0.1) is 22.6 Å². The quantitative estimate of drug-likeness (QED) is 0.798. The molecule has 0 aliphatic carbocycles. The Bertz CT molecular complexity index is 434. The maximum absolute atomic E-state index is 12.2. The molecule has 1 aromatic carbocycles. The van der Waals surface area contributed by atoms with Crippen LogP contribution < -0.4 is 4.74 Å². The molecule has 0 fully saturated rings. The summed E-state index contributed by atoms with van der Waals surface area (Å²) in [6, 6.07) is 3.72. The van der Waals surface area contributed by atoms with E-state index in [-0.39, 0.29) is 11.7 Å². The highest BCUT2D eigenvalue weighted by Crippen LogP contribution is 2.37. The first kappa shape index (κ1) is 12.5. The molecule has 0 saturated heterocycles. The molecule has 1 aliphatic heterocycles. The Balaban J connectivity index is 2.40. The van der Waals surface area contributed by atoms with Crippen LogP contribution in [-0.4, -0.2) is 24.4 Å². The van der Waals surface area contributed by atoms with Gasteiger partial charge in [0.25, 0.3) is 0 Å². The summed E-state index contributed by atoms with van der Waals surface area (Å²) in [5.74, 6) is 1.63. The molecule has 1 aromatic rings. The maximum Gasteiger partial charge on any atom is 0.173 e. The Kier molecular flexibility index (Phi) is 3.97. The standard InChI is InChI=1S/C11H10Br2O2S/c1-16-5-6-4-15-11-8(10(6)14)2-7(12)3-9(11)13/h2-3,6H,4-5H2,1H3. The fourth-order valence-electron chi connectivity index (χ4n) is 1.69. The Hall–Kier alpha value is -0.000000000000000167. The second kappa shape index (κ2) is 5.10. The number of halogens is 2. The van der Waals surface area contributed by atoms with Crippen LogP contribution in [0.5, 0.6) is 5.75 Å². The monoisotopic (exact) mass is 364 g/mol. The number of ketones is 1. The number of ether oxygens (including phenoxy) is 1. The minimum Gasteiger partial charge on any atom is -0.491 e. The first-order valence-corrected chi connectivity index (χ1v) is 7.76. The second-order valence-corrected chi connectivity index (χ2v) is 6.27. The highest BCUT2D eigenvalue weighted by atomic mass is 79.9. The summed E-state index contributed by atoms with van der Waals surface area (Å²) in [4.78, 5) is 12.2. The van der Waals surface area contributed by atoms with Gasteiger partial charge in [0, 0.05) is 10.2 Å². The highest BCUT2D eigenvalue weighted by Gasteiger charge is 2.30. The fourth-order valence-corrected chi connectivity index (χ4v) is 3.68. The van der Waals surface area contributed by atoms with E-state index in [0.717, 1.165) is 14.7 Å². The molecule has 1 aliphatic rings. The third-order valence-corrected chi connectivity index (χ3v) is 4.22. The van der Waals surface area contributed by atoms with Crippen molar-refractivity contribution in [2.75, 3.05) is 18.6 Å². The van der Waals surface area contributed by atoms with Crippen LogP contribution in [-0.2, 0) is 0 Å². The third-order valence-electron chi connectivity index (χ3n) is 2.44. The van der Waals surface area contributed by atoms with Gasteiger partial charge in [0.2, 0.25) is 0 Å². The van der Waals surface area contributed by atoms with Gasteiger partial charge in [-0.3, -0.25) is 4.79 Å². The van der Waals surface area contributed by atoms with Crippen molar-refractivity contribution in [1.29, 1.82) is 0 Å². The van der Waals surface area contributed by atoms with Crippen LogP contribution in [0.25, 0.3) is 0 Å². The van der Waals surface area contributed by atoms with Gasteiger partial charge in [-0.2, -0.15) is 11.8 Å². The van der Waals surface area contributed by atoms with E-state index in [4.69, 9.17) is 4.74 Å². The van der Waals surface area contributed by atoms with Crippen molar-refractivity contribution in [3.05, 3.63) is 26.6 Å². The van der Waals surface area contributed by atoms with E-state index in [1.165, 1.54) is 0 Å². The van der Waals surface area contributed by atoms with Crippen molar-refractivity contribution in [2.24, 2.45) is 5.92 Å². The first-order chi connectivity index (χ1) is 7.63. The average Bonchev–Trinajstić information content (AvgIpc) is 2.23. The van der Waals surface area contributed by atoms with E-state index in [1.807, 2.05) is 18.4 Å². The molecule has 1 unspecified atom stereocenters. The molecule has 0 N–H and O–H groups in total. The van der Waals surface area contributed by atoms with Crippen LogP contribution in [0.2, 0.25) is 0 Å². The SMILES string of the molecule is CSCC1COc2c(Br)cc(Br)cc2C1=O. The zero-order chi connectivity index (χ0) is 11.7. The van der Waals surface area contributed by atoms with Gasteiger partial charge in [0.15, 0.2) is 5.78 Å². The lowest BCUT2D eigenvalue weighted by Gasteiger charge is -2.24. The van der Waals surface area contributed by atoms with E-state index >= 15 is 0 Å². The highest BCUT2D eigenvalue weighted by molar-refractivity contribution is 9.11. The van der Waals surface area contributed by atoms with Gasteiger partial charge < -0.3 is 4.74 Å². The minimum absolute atomic E-state index is 0.0244. The van der Waals surface area contributed by atoms with Gasteiger partial charge in [-0.25, -0.2) is 0 Å². The van der Waals surface area contributed by atoms with Crippen molar-refractivity contribution >= 4 is 49.4 Å². The lowest BCUT2D eigenvalue weighted by atomic mass is 9.97. The maximum atomic E-state index is 12.2. The zero-order valence-corrected chi connectivity index (χ0v) is 12.6. The average molecular weight is 366 g/mol. The predicted octanol–water partition coefficient (Wildman–Crippen LogP) is 3.77. The zero-order valence-electron chi connectivity index (χ0n) is 8.63. The summed E-state index contributed by atoms with van der Waals surface area (Å²) >= 11 is 8.46. The van der Waals surface area contributed by atoms with E-state index in [9.17, 15) is 4.79 Å². The smallest absolute Gasteiger partial charge is 0.173 e. The molecule has 0 radical (unpaired) electrons. The molecular weight excluding hydrogens is 356 g/mol. The number of Topliss-reactive ketones (excluding diaryl/α,β-unsaturated/α-hetero) is 1. The number of rotatable bonds is 2. The van der Waals surface area contributed by atoms with Gasteiger partial charge in [-0.15, -0.1) is 0 Å². The number of carbonyl (C=O) groups excluding carboxylic acids is 1. The largest absolute Gasteiger partial charge is 0.491 e. The Morgan fingerprint density at radius 1 is 1.50 bits per heavy atom. The lowest BCUT2D eigenvalue weighted by molar-refractivity contribution is 0.0852. The molecule has 86 valence electrons. The van der Waals surface area contributed by atoms with Crippen molar-refractivity contribution < 1.29 is 9.53 Å². The fraction of sp³-hybridized carbons (Fsp3) is 0.364. The Morgan fingerprint density at radius 3 is 2.94 bits per heavy atom. The van der Waals surface area contributed by atoms with Crippen molar-refractivity contribution in [3.8, 4) is 5.75 Å². The van der Waals surface area contributed by atoms with Gasteiger partial charge in [0.1, 0.15) is 5.75 Å². The van der Waals surface area contributed by atoms with Crippen LogP contribution in [0.1, 0.15) is 10.4 Å². The molecular formula is C11H10Br2O2S. The van der Waals surface area contributed by atoms with Gasteiger partial charge in [-0.05, 0) is 34.3 Å². The van der Waals surface area contributed by atoms with Gasteiger partial charge in [-0.1, -0.05) is 15.9 Å². The first-order valence-electron chi connectivity index (χ1n) is 4.78. The molecule has 0 amide bonds. The summed E-state index contributed by atoms with van der Waals surface area (Å²) < 4.78 is 7.36. The number of fused-ring (bicyclic) bond motifs is 1. The predicted molar refractivity (Wildman–Crippen MR) is 73.5 cm³/mol. The minimum atomic E-state index is -0.0244. The topological polar surface area (TPSA) is 26.3 Å². The molecule has 0 aromatic heterocycles. The number of benzene rings is 1. The van der Waals surface area contributed by atoms with Crippen molar-refractivity contribution in [3.63, 3.8) is 0 Å². The van der Waals surface area contributed by atoms with Crippen molar-refractivity contribution in [2.45, 2.75) is 0 Å². The molecule has 0 bridgehead atoms. The molecule has 0 spiro atoms. The summed E-state index contributed by atoms with van der Waals surface area (Å²) in [6.45, 7) is 0.479. The van der Waals surface area contributed by atoms with Crippen molar-refractivity contribution in [1.82, 2.24) is 0 Å². The summed E-state index contributed by atoms with van der Waals surface area (Å²) in [5, 5.41) is 0. The number of hydrogen-bond donors (Lipinski definition) is 0. The van der Waals surface area contributed by atoms with Crippen LogP contribution in [0.15, 0.2) is 21.1 Å². The second-order valence-electron chi connectivity index (χ2n) is 3.59. The lowest BCUT2D eigenvalue weighted by Crippen LogP contribution is -2.29. The van der Waals surface area contributed by atoms with Crippen LogP contribution >= 0.6 is 43.6 Å². The molecule has 0 saturated carbocycles. The van der Waals surface area contributed by atoms with E-state index in [0.29, 0.717) is 17.9 Å². The molecule has 5 heteroatoms. The molecule has 16 heavy (non-hydrogen) atoms. The summed E-state index contributed by atoms with van der Waals surface area (Å²) in [7, 11) is 0. The number of hydrogen-bond acceptors (Lipinski definition) is 3. The Morgan fingerprint density at radius 2 is 2.25 bits per heavy atom. The third kappa shape index (κ3) is 2.31. The molecule has 1 heterocycles. The Labute approximate surface area is 115 Å². The van der Waals surface area contributed by atoms with Crippen LogP contribution in [0.4, 0.5) is 0 Å². The normalized spacial score (nSPS) is 19.2. The van der Waals surface area contributed by atoms with E-state index < -0.39 is 0 Å². The summed E-state index contributed by atoms with van der Waals surface area (Å²) in [6.07, 6.45) is 2.00. The summed E-state index contributed by atoms with van der Waals surface area (Å²) in [5.41, 5.74) is 0.673.